The maximum absolute atomic E-state index is 13.6. The fraction of sp³-hybridized carbons (Fsp3) is 0.536. The third kappa shape index (κ3) is 12.4. The second kappa shape index (κ2) is 16.9. The number of nitrogens with one attached hydrogen (secondary N) is 4. The number of carbonyl (C=O) groups excluding carboxylic acids is 5. The third-order valence-electron chi connectivity index (χ3n) is 6.60. The summed E-state index contributed by atoms with van der Waals surface area (Å²) < 4.78 is 0. The smallest absolute Gasteiger partial charge is 0.306 e. The van der Waals surface area contributed by atoms with Crippen molar-refractivity contribution in [3.05, 3.63) is 29.8 Å². The van der Waals surface area contributed by atoms with E-state index in [9.17, 15) is 39.0 Å². The van der Waals surface area contributed by atoms with Crippen molar-refractivity contribution >= 4 is 41.5 Å². The predicted octanol–water partition coefficient (Wildman–Crippen LogP) is -2.43. The number of imide groups is 1. The molecule has 17 nitrogen and oxygen atoms in total. The molecule has 0 fully saturated rings. The molecular weight excluding hydrogens is 590 g/mol. The lowest BCUT2D eigenvalue weighted by Crippen LogP contribution is -2.64. The number of benzene rings is 1. The third-order valence-corrected chi connectivity index (χ3v) is 6.60. The highest BCUT2D eigenvalue weighted by Gasteiger charge is 2.43. The standard InChI is InChI=1S/C28H45N9O8/c1-14(2)21(24(43)35-18(22(30)41)12-15-7-9-16(38)10-8-15)36-23(42)19(13-20(39)40)37(26(45)28(3,4)33)25(44)17(29)6-5-11-34-27(31)32/h7-10,14,17-19,21,38H,5-6,11-13,29,33H2,1-4H3,(H2,30,41)(H,35,43)(H,36,42)(H,39,40)(H4,31,32,34)/t17-,18-,19-,21-/m0/s1. The summed E-state index contributed by atoms with van der Waals surface area (Å²) in [5.74, 6) is -7.51. The van der Waals surface area contributed by atoms with E-state index >= 15 is 0 Å². The minimum atomic E-state index is -1.95. The number of hydrogen-bond acceptors (Lipinski definition) is 10. The molecule has 4 atom stereocenters. The van der Waals surface area contributed by atoms with Crippen molar-refractivity contribution < 1.29 is 39.0 Å². The number of hydrogen-bond donors (Lipinski definition) is 10. The Morgan fingerprint density at radius 1 is 1.00 bits per heavy atom. The molecule has 17 heteroatoms. The minimum Gasteiger partial charge on any atom is -0.508 e. The first-order valence-corrected chi connectivity index (χ1v) is 14.2. The van der Waals surface area contributed by atoms with E-state index in [0.717, 1.165) is 0 Å². The molecule has 0 bridgehead atoms. The summed E-state index contributed by atoms with van der Waals surface area (Å²) in [7, 11) is 0. The van der Waals surface area contributed by atoms with Crippen LogP contribution in [0.2, 0.25) is 0 Å². The van der Waals surface area contributed by atoms with Gasteiger partial charge in [-0.05, 0) is 50.3 Å². The topological polar surface area (TPSA) is 310 Å². The molecule has 0 saturated carbocycles. The molecule has 0 radical (unpaired) electrons. The number of guanidine groups is 1. The lowest BCUT2D eigenvalue weighted by Gasteiger charge is -2.35. The van der Waals surface area contributed by atoms with Crippen molar-refractivity contribution in [3.8, 4) is 5.75 Å². The van der Waals surface area contributed by atoms with Crippen LogP contribution in [0.15, 0.2) is 24.3 Å². The van der Waals surface area contributed by atoms with E-state index in [0.29, 0.717) is 10.5 Å². The zero-order valence-electron chi connectivity index (χ0n) is 25.8. The molecule has 14 N–H and O–H groups in total. The van der Waals surface area contributed by atoms with Crippen LogP contribution in [0.25, 0.3) is 0 Å². The van der Waals surface area contributed by atoms with E-state index in [4.69, 9.17) is 28.3 Å². The highest BCUT2D eigenvalue weighted by Crippen LogP contribution is 2.17. The number of aromatic hydroxyl groups is 1. The van der Waals surface area contributed by atoms with Crippen LogP contribution < -0.4 is 38.9 Å². The number of aliphatic carboxylic acids is 1. The Labute approximate surface area is 260 Å². The zero-order chi connectivity index (χ0) is 34.6. The minimum absolute atomic E-state index is 0.00751. The first-order chi connectivity index (χ1) is 20.8. The Kier molecular flexibility index (Phi) is 14.4. The molecule has 0 aliphatic carbocycles. The van der Waals surface area contributed by atoms with E-state index in [-0.39, 0.29) is 37.5 Å². The summed E-state index contributed by atoms with van der Waals surface area (Å²) >= 11 is 0. The molecular formula is C28H45N9O8. The summed E-state index contributed by atoms with van der Waals surface area (Å²) in [5, 5.41) is 33.7. The fourth-order valence-electron chi connectivity index (χ4n) is 4.16. The van der Waals surface area contributed by atoms with Gasteiger partial charge in [0, 0.05) is 13.0 Å². The molecule has 5 amide bonds. The van der Waals surface area contributed by atoms with E-state index in [1.54, 1.807) is 13.8 Å². The molecule has 45 heavy (non-hydrogen) atoms. The number of carbonyl (C=O) groups is 6. The summed E-state index contributed by atoms with van der Waals surface area (Å²) in [6, 6.07) is -0.0623. The van der Waals surface area contributed by atoms with Gasteiger partial charge in [0.2, 0.25) is 29.5 Å². The van der Waals surface area contributed by atoms with Gasteiger partial charge in [0.1, 0.15) is 23.9 Å². The summed E-state index contributed by atoms with van der Waals surface area (Å²) in [4.78, 5) is 78.2. The van der Waals surface area contributed by atoms with Gasteiger partial charge in [-0.15, -0.1) is 0 Å². The number of carboxylic acids is 1. The number of amides is 5. The number of phenols is 1. The van der Waals surface area contributed by atoms with E-state index < -0.39 is 77.6 Å². The number of phenolic OH excluding ortho intramolecular Hbond substituents is 1. The number of rotatable bonds is 17. The quantitative estimate of drug-likeness (QED) is 0.0485. The van der Waals surface area contributed by atoms with Crippen molar-refractivity contribution in [2.24, 2.45) is 28.9 Å². The monoisotopic (exact) mass is 635 g/mol. The highest BCUT2D eigenvalue weighted by atomic mass is 16.4. The maximum atomic E-state index is 13.6. The first-order valence-electron chi connectivity index (χ1n) is 14.2. The van der Waals surface area contributed by atoms with Gasteiger partial charge in [-0.25, -0.2) is 0 Å². The second-order valence-electron chi connectivity index (χ2n) is 11.5. The van der Waals surface area contributed by atoms with Crippen molar-refractivity contribution in [2.45, 2.75) is 83.1 Å². The van der Waals surface area contributed by atoms with Crippen LogP contribution in [-0.2, 0) is 35.2 Å². The molecule has 0 unspecified atom stereocenters. The van der Waals surface area contributed by atoms with Gasteiger partial charge in [-0.3, -0.25) is 39.1 Å². The van der Waals surface area contributed by atoms with Crippen LogP contribution in [0.1, 0.15) is 52.5 Å². The number of nitrogens with zero attached hydrogens (tertiary/aromatic N) is 1. The van der Waals surface area contributed by atoms with Crippen LogP contribution in [0, 0.1) is 11.3 Å². The van der Waals surface area contributed by atoms with Crippen LogP contribution in [-0.4, -0.2) is 92.8 Å². The SMILES string of the molecule is CC(C)[C@H](NC(=O)[C@H](CC(=O)O)N(C(=O)[C@@H](N)CCCNC(=N)N)C(=O)C(C)(C)N)C(=O)N[C@@H](Cc1ccc(O)cc1)C(N)=O. The molecule has 1 aromatic carbocycles. The van der Waals surface area contributed by atoms with Gasteiger partial charge < -0.3 is 49.1 Å². The Bertz CT molecular complexity index is 1250. The van der Waals surface area contributed by atoms with Gasteiger partial charge >= 0.3 is 5.97 Å². The van der Waals surface area contributed by atoms with Crippen LogP contribution in [0.3, 0.4) is 0 Å². The van der Waals surface area contributed by atoms with Crippen LogP contribution >= 0.6 is 0 Å². The predicted molar refractivity (Wildman–Crippen MR) is 163 cm³/mol. The highest BCUT2D eigenvalue weighted by molar-refractivity contribution is 6.06. The molecule has 0 heterocycles. The zero-order valence-corrected chi connectivity index (χ0v) is 25.8. The number of primary amides is 1. The number of nitrogens with two attached hydrogens (primary N) is 4. The Morgan fingerprint density at radius 3 is 2.04 bits per heavy atom. The van der Waals surface area contributed by atoms with Gasteiger partial charge in [0.05, 0.1) is 18.0 Å². The van der Waals surface area contributed by atoms with Crippen molar-refractivity contribution in [2.75, 3.05) is 6.54 Å². The summed E-state index contributed by atoms with van der Waals surface area (Å²) in [6.45, 7) is 5.83. The van der Waals surface area contributed by atoms with Crippen LogP contribution in [0.4, 0.5) is 0 Å². The van der Waals surface area contributed by atoms with Gasteiger partial charge in [0.15, 0.2) is 5.96 Å². The Hall–Kier alpha value is -4.77. The second-order valence-corrected chi connectivity index (χ2v) is 11.5. The molecule has 0 aromatic heterocycles. The molecule has 0 saturated heterocycles. The van der Waals surface area contributed by atoms with Gasteiger partial charge in [0.25, 0.3) is 0 Å². The Morgan fingerprint density at radius 2 is 1.58 bits per heavy atom. The maximum Gasteiger partial charge on any atom is 0.306 e. The van der Waals surface area contributed by atoms with Crippen molar-refractivity contribution in [1.82, 2.24) is 20.9 Å². The molecule has 0 spiro atoms. The molecule has 1 rings (SSSR count). The first kappa shape index (κ1) is 38.3. The molecule has 0 aliphatic rings. The fourth-order valence-corrected chi connectivity index (χ4v) is 4.16. The van der Waals surface area contributed by atoms with E-state index in [1.807, 2.05) is 0 Å². The molecule has 1 aromatic rings. The van der Waals surface area contributed by atoms with Crippen molar-refractivity contribution in [3.63, 3.8) is 0 Å². The lowest BCUT2D eigenvalue weighted by molar-refractivity contribution is -0.157. The van der Waals surface area contributed by atoms with Crippen molar-refractivity contribution in [1.29, 1.82) is 5.41 Å². The van der Waals surface area contributed by atoms with Crippen LogP contribution in [0.5, 0.6) is 5.75 Å². The normalized spacial score (nSPS) is 13.9. The summed E-state index contributed by atoms with van der Waals surface area (Å²) in [6.07, 6.45) is -0.863. The van der Waals surface area contributed by atoms with E-state index in [2.05, 4.69) is 16.0 Å². The summed E-state index contributed by atoms with van der Waals surface area (Å²) in [5.41, 5.74) is 21.6. The van der Waals surface area contributed by atoms with Gasteiger partial charge in [-0.1, -0.05) is 26.0 Å². The molecule has 250 valence electrons. The Balaban J connectivity index is 3.34. The lowest BCUT2D eigenvalue weighted by atomic mass is 9.98. The van der Waals surface area contributed by atoms with E-state index in [1.165, 1.54) is 38.1 Å². The largest absolute Gasteiger partial charge is 0.508 e. The number of carboxylic acid groups (broad SMARTS) is 1. The molecule has 0 aliphatic heterocycles. The average Bonchev–Trinajstić information content (AvgIpc) is 2.92. The van der Waals surface area contributed by atoms with Gasteiger partial charge in [-0.2, -0.15) is 0 Å². The average molecular weight is 636 g/mol.